The van der Waals surface area contributed by atoms with Crippen LogP contribution in [0, 0.1) is 0 Å². The van der Waals surface area contributed by atoms with Crippen molar-refractivity contribution < 1.29 is 23.8 Å². The van der Waals surface area contributed by atoms with Crippen LogP contribution in [-0.4, -0.2) is 24.8 Å². The number of carbonyl (C=O) groups excluding carboxylic acids is 2. The summed E-state index contributed by atoms with van der Waals surface area (Å²) < 4.78 is 18.7. The van der Waals surface area contributed by atoms with E-state index in [1.54, 1.807) is 0 Å². The minimum atomic E-state index is -0.403. The van der Waals surface area contributed by atoms with Crippen LogP contribution in [0.4, 0.5) is 0 Å². The van der Waals surface area contributed by atoms with Gasteiger partial charge in [0.25, 0.3) is 0 Å². The molecule has 3 aliphatic rings. The Balaban J connectivity index is 1.87. The molecule has 0 N–H and O–H groups in total. The zero-order chi connectivity index (χ0) is 21.3. The van der Waals surface area contributed by atoms with Crippen LogP contribution in [0.25, 0.3) is 0 Å². The van der Waals surface area contributed by atoms with Crippen LogP contribution in [-0.2, 0) is 14.3 Å². The van der Waals surface area contributed by atoms with Crippen molar-refractivity contribution in [2.45, 2.75) is 64.7 Å². The molecule has 1 aromatic rings. The van der Waals surface area contributed by atoms with E-state index < -0.39 is 5.92 Å². The molecule has 1 heterocycles. The molecule has 4 rings (SSSR count). The summed E-state index contributed by atoms with van der Waals surface area (Å²) in [6, 6.07) is 3.89. The van der Waals surface area contributed by atoms with Gasteiger partial charge in [-0.1, -0.05) is 6.92 Å². The Hall–Kier alpha value is -2.08. The van der Waals surface area contributed by atoms with Crippen molar-refractivity contribution in [1.82, 2.24) is 0 Å². The molecule has 0 saturated heterocycles. The van der Waals surface area contributed by atoms with E-state index >= 15 is 0 Å². The van der Waals surface area contributed by atoms with Crippen LogP contribution >= 0.6 is 15.9 Å². The third-order valence-electron chi connectivity index (χ3n) is 5.76. The topological polar surface area (TPSA) is 61.8 Å². The van der Waals surface area contributed by atoms with Gasteiger partial charge in [-0.15, -0.1) is 0 Å². The van der Waals surface area contributed by atoms with Gasteiger partial charge in [0, 0.05) is 42.7 Å². The SMILES string of the molecule is CCCOc1c(Br)cc(C2C3=C(CCCC3=O)OC3=C2C(=O)CCC3)cc1OCC. The Kier molecular flexibility index (Phi) is 6.32. The highest BCUT2D eigenvalue weighted by Gasteiger charge is 2.42. The summed E-state index contributed by atoms with van der Waals surface area (Å²) in [5.41, 5.74) is 2.15. The summed E-state index contributed by atoms with van der Waals surface area (Å²) in [6.07, 6.45) is 4.92. The molecule has 2 aliphatic carbocycles. The zero-order valence-electron chi connectivity index (χ0n) is 17.5. The number of allylic oxidation sites excluding steroid dienone is 4. The number of rotatable bonds is 6. The average Bonchev–Trinajstić information content (AvgIpc) is 2.72. The van der Waals surface area contributed by atoms with Crippen LogP contribution in [0.3, 0.4) is 0 Å². The Bertz CT molecular complexity index is 901. The van der Waals surface area contributed by atoms with Gasteiger partial charge >= 0.3 is 0 Å². The normalized spacial score (nSPS) is 19.4. The van der Waals surface area contributed by atoms with Gasteiger partial charge in [0.05, 0.1) is 17.7 Å². The fourth-order valence-corrected chi connectivity index (χ4v) is 5.09. The zero-order valence-corrected chi connectivity index (χ0v) is 19.1. The predicted octanol–water partition coefficient (Wildman–Crippen LogP) is 5.76. The summed E-state index contributed by atoms with van der Waals surface area (Å²) in [4.78, 5) is 25.9. The first-order valence-corrected chi connectivity index (χ1v) is 11.6. The van der Waals surface area contributed by atoms with Crippen molar-refractivity contribution >= 4 is 27.5 Å². The Morgan fingerprint density at radius 1 is 0.967 bits per heavy atom. The lowest BCUT2D eigenvalue weighted by Gasteiger charge is -2.36. The lowest BCUT2D eigenvalue weighted by Crippen LogP contribution is -2.30. The number of Topliss-reactive ketones (excluding diaryl/α,β-unsaturated/α-hetero) is 2. The molecule has 6 heteroatoms. The quantitative estimate of drug-likeness (QED) is 0.523. The third kappa shape index (κ3) is 3.82. The molecule has 0 atom stereocenters. The van der Waals surface area contributed by atoms with Crippen molar-refractivity contribution in [1.29, 1.82) is 0 Å². The molecule has 30 heavy (non-hydrogen) atoms. The summed E-state index contributed by atoms with van der Waals surface area (Å²) in [7, 11) is 0. The number of hydrogen-bond donors (Lipinski definition) is 0. The first-order valence-electron chi connectivity index (χ1n) is 10.8. The molecule has 1 aliphatic heterocycles. The van der Waals surface area contributed by atoms with Crippen molar-refractivity contribution in [3.05, 3.63) is 44.8 Å². The van der Waals surface area contributed by atoms with Crippen molar-refractivity contribution in [3.8, 4) is 11.5 Å². The summed E-state index contributed by atoms with van der Waals surface area (Å²) in [5.74, 6) is 2.51. The van der Waals surface area contributed by atoms with Gasteiger partial charge in [-0.25, -0.2) is 0 Å². The maximum absolute atomic E-state index is 13.0. The minimum absolute atomic E-state index is 0.0755. The number of ether oxygens (including phenoxy) is 3. The Morgan fingerprint density at radius 2 is 1.60 bits per heavy atom. The van der Waals surface area contributed by atoms with Gasteiger partial charge in [-0.3, -0.25) is 9.59 Å². The van der Waals surface area contributed by atoms with E-state index in [4.69, 9.17) is 14.2 Å². The van der Waals surface area contributed by atoms with Crippen LogP contribution < -0.4 is 9.47 Å². The highest BCUT2D eigenvalue weighted by atomic mass is 79.9. The van der Waals surface area contributed by atoms with E-state index in [9.17, 15) is 9.59 Å². The fraction of sp³-hybridized carbons (Fsp3) is 0.500. The van der Waals surface area contributed by atoms with E-state index in [0.29, 0.717) is 48.7 Å². The molecular weight excluding hydrogens is 448 g/mol. The predicted molar refractivity (Wildman–Crippen MR) is 117 cm³/mol. The number of benzene rings is 1. The average molecular weight is 475 g/mol. The van der Waals surface area contributed by atoms with Gasteiger partial charge in [-0.2, -0.15) is 0 Å². The first kappa shape index (κ1) is 21.2. The van der Waals surface area contributed by atoms with Crippen LogP contribution in [0.1, 0.15) is 70.3 Å². The van der Waals surface area contributed by atoms with Gasteiger partial charge in [0.2, 0.25) is 0 Å². The van der Waals surface area contributed by atoms with E-state index in [2.05, 4.69) is 22.9 Å². The molecule has 0 bridgehead atoms. The van der Waals surface area contributed by atoms with Crippen LogP contribution in [0.5, 0.6) is 11.5 Å². The second kappa shape index (κ2) is 8.96. The summed E-state index contributed by atoms with van der Waals surface area (Å²) >= 11 is 3.63. The van der Waals surface area contributed by atoms with E-state index in [1.165, 1.54) is 0 Å². The fourth-order valence-electron chi connectivity index (χ4n) is 4.51. The summed E-state index contributed by atoms with van der Waals surface area (Å²) in [6.45, 7) is 5.05. The highest BCUT2D eigenvalue weighted by Crippen LogP contribution is 2.50. The second-order valence-corrected chi connectivity index (χ2v) is 8.73. The third-order valence-corrected chi connectivity index (χ3v) is 6.35. The largest absolute Gasteiger partial charge is 0.490 e. The first-order chi connectivity index (χ1) is 14.5. The standard InChI is InChI=1S/C24H27BrO5/c1-3-11-29-24-15(25)12-14(13-20(24)28-4-2)21-22-16(26)7-5-9-18(22)30-19-10-6-8-17(27)23(19)21/h12-13,21H,3-11H2,1-2H3. The van der Waals surface area contributed by atoms with Crippen molar-refractivity contribution in [2.75, 3.05) is 13.2 Å². The number of carbonyl (C=O) groups is 2. The van der Waals surface area contributed by atoms with Gasteiger partial charge in [0.1, 0.15) is 11.5 Å². The Morgan fingerprint density at radius 3 is 2.17 bits per heavy atom. The highest BCUT2D eigenvalue weighted by molar-refractivity contribution is 9.10. The monoisotopic (exact) mass is 474 g/mol. The van der Waals surface area contributed by atoms with E-state index in [1.807, 2.05) is 19.1 Å². The van der Waals surface area contributed by atoms with E-state index in [-0.39, 0.29) is 11.6 Å². The maximum Gasteiger partial charge on any atom is 0.175 e. The molecule has 1 aromatic carbocycles. The molecule has 0 unspecified atom stereocenters. The summed E-state index contributed by atoms with van der Waals surface area (Å²) in [5, 5.41) is 0. The Labute approximate surface area is 185 Å². The lowest BCUT2D eigenvalue weighted by molar-refractivity contribution is -0.117. The van der Waals surface area contributed by atoms with E-state index in [0.717, 1.165) is 53.7 Å². The maximum atomic E-state index is 13.0. The lowest BCUT2D eigenvalue weighted by atomic mass is 9.73. The molecule has 160 valence electrons. The molecule has 0 amide bonds. The minimum Gasteiger partial charge on any atom is -0.490 e. The molecule has 0 radical (unpaired) electrons. The van der Waals surface area contributed by atoms with Crippen LogP contribution in [0.15, 0.2) is 39.3 Å². The van der Waals surface area contributed by atoms with Crippen molar-refractivity contribution in [3.63, 3.8) is 0 Å². The van der Waals surface area contributed by atoms with Gasteiger partial charge < -0.3 is 14.2 Å². The van der Waals surface area contributed by atoms with Crippen molar-refractivity contribution in [2.24, 2.45) is 0 Å². The number of hydrogen-bond acceptors (Lipinski definition) is 5. The van der Waals surface area contributed by atoms with Gasteiger partial charge in [-0.05, 0) is 59.8 Å². The van der Waals surface area contributed by atoms with Gasteiger partial charge in [0.15, 0.2) is 23.1 Å². The molecule has 0 saturated carbocycles. The molecule has 0 fully saturated rings. The molecule has 5 nitrogen and oxygen atoms in total. The number of halogens is 1. The molecular formula is C24H27BrO5. The van der Waals surface area contributed by atoms with Crippen LogP contribution in [0.2, 0.25) is 0 Å². The second-order valence-electron chi connectivity index (χ2n) is 7.87. The molecule has 0 aromatic heterocycles. The molecule has 0 spiro atoms. The smallest absolute Gasteiger partial charge is 0.175 e. The number of ketones is 2.